The fourth-order valence-electron chi connectivity index (χ4n) is 4.11. The number of likely N-dealkylation sites (tertiary alicyclic amines) is 1. The van der Waals surface area contributed by atoms with Crippen molar-refractivity contribution >= 4 is 0 Å². The summed E-state index contributed by atoms with van der Waals surface area (Å²) in [6, 6.07) is 20.0. The van der Waals surface area contributed by atoms with Gasteiger partial charge in [0.2, 0.25) is 0 Å². The van der Waals surface area contributed by atoms with Crippen molar-refractivity contribution in [3.8, 4) is 0 Å². The molecular weight excluding hydrogens is 310 g/mol. The molecule has 1 heterocycles. The lowest BCUT2D eigenvalue weighted by atomic mass is 9.77. The number of nitrogens with zero attached hydrogens (tertiary/aromatic N) is 1. The molecule has 25 heavy (non-hydrogen) atoms. The molecule has 3 rings (SSSR count). The monoisotopic (exact) mass is 339 g/mol. The molecule has 3 heteroatoms. The third-order valence-corrected chi connectivity index (χ3v) is 5.38. The molecule has 0 bridgehead atoms. The van der Waals surface area contributed by atoms with Gasteiger partial charge in [0.1, 0.15) is 5.60 Å². The molecule has 134 valence electrons. The van der Waals surface area contributed by atoms with Crippen LogP contribution in [-0.2, 0) is 5.60 Å². The Morgan fingerprint density at radius 2 is 1.36 bits per heavy atom. The number of hydrogen-bond donors (Lipinski definition) is 2. The molecule has 0 radical (unpaired) electrons. The van der Waals surface area contributed by atoms with E-state index < -0.39 is 5.60 Å². The molecule has 2 aromatic rings. The van der Waals surface area contributed by atoms with Crippen LogP contribution in [0.1, 0.15) is 43.2 Å². The van der Waals surface area contributed by atoms with Crippen molar-refractivity contribution in [1.82, 2.24) is 4.90 Å². The third-order valence-electron chi connectivity index (χ3n) is 5.38. The quantitative estimate of drug-likeness (QED) is 0.811. The zero-order valence-electron chi connectivity index (χ0n) is 14.8. The average Bonchev–Trinajstić information content (AvgIpc) is 2.70. The minimum Gasteiger partial charge on any atom is -0.396 e. The van der Waals surface area contributed by atoms with E-state index >= 15 is 0 Å². The number of benzene rings is 2. The maximum atomic E-state index is 12.1. The minimum absolute atomic E-state index is 0.0373. The van der Waals surface area contributed by atoms with Gasteiger partial charge in [0, 0.05) is 12.6 Å². The first-order chi connectivity index (χ1) is 12.3. The van der Waals surface area contributed by atoms with Gasteiger partial charge in [-0.05, 0) is 49.9 Å². The molecular formula is C22H29NO2. The van der Waals surface area contributed by atoms with Crippen LogP contribution in [0.4, 0.5) is 0 Å². The van der Waals surface area contributed by atoms with E-state index in [0.29, 0.717) is 6.42 Å². The molecule has 0 aliphatic carbocycles. The Morgan fingerprint density at radius 3 is 1.84 bits per heavy atom. The second kappa shape index (κ2) is 8.61. The summed E-state index contributed by atoms with van der Waals surface area (Å²) in [6.07, 6.45) is 5.09. The third kappa shape index (κ3) is 3.95. The highest BCUT2D eigenvalue weighted by Gasteiger charge is 2.43. The molecule has 1 atom stereocenters. The zero-order chi connectivity index (χ0) is 17.5. The van der Waals surface area contributed by atoms with Gasteiger partial charge in [0.15, 0.2) is 0 Å². The van der Waals surface area contributed by atoms with Crippen LogP contribution in [0, 0.1) is 0 Å². The second-order valence-corrected chi connectivity index (χ2v) is 6.98. The van der Waals surface area contributed by atoms with Crippen LogP contribution in [0.3, 0.4) is 0 Å². The van der Waals surface area contributed by atoms with E-state index in [4.69, 9.17) is 0 Å². The lowest BCUT2D eigenvalue weighted by Gasteiger charge is -2.45. The molecule has 1 saturated heterocycles. The van der Waals surface area contributed by atoms with Crippen molar-refractivity contribution < 1.29 is 10.2 Å². The molecule has 1 unspecified atom stereocenters. The topological polar surface area (TPSA) is 43.7 Å². The van der Waals surface area contributed by atoms with Gasteiger partial charge in [-0.2, -0.15) is 0 Å². The smallest absolute Gasteiger partial charge is 0.130 e. The van der Waals surface area contributed by atoms with E-state index in [9.17, 15) is 10.2 Å². The molecule has 1 fully saturated rings. The Kier molecular flexibility index (Phi) is 6.24. The summed E-state index contributed by atoms with van der Waals surface area (Å²) in [5.41, 5.74) is 0.777. The number of aliphatic hydroxyl groups is 2. The van der Waals surface area contributed by atoms with Crippen molar-refractivity contribution in [1.29, 1.82) is 0 Å². The molecule has 0 aromatic heterocycles. The first-order valence-corrected chi connectivity index (χ1v) is 9.45. The lowest BCUT2D eigenvalue weighted by molar-refractivity contribution is -0.0337. The minimum atomic E-state index is -1.07. The van der Waals surface area contributed by atoms with Gasteiger partial charge < -0.3 is 10.2 Å². The van der Waals surface area contributed by atoms with Crippen molar-refractivity contribution in [2.24, 2.45) is 0 Å². The van der Waals surface area contributed by atoms with Crippen LogP contribution in [0.2, 0.25) is 0 Å². The van der Waals surface area contributed by atoms with Crippen molar-refractivity contribution in [3.63, 3.8) is 0 Å². The van der Waals surface area contributed by atoms with Gasteiger partial charge in [0.05, 0.1) is 0 Å². The first kappa shape index (κ1) is 18.1. The Balaban J connectivity index is 2.06. The Morgan fingerprint density at radius 1 is 0.840 bits per heavy atom. The molecule has 2 aromatic carbocycles. The molecule has 3 nitrogen and oxygen atoms in total. The number of piperidine rings is 1. The Bertz CT molecular complexity index is 583. The zero-order valence-corrected chi connectivity index (χ0v) is 14.8. The van der Waals surface area contributed by atoms with Gasteiger partial charge in [-0.3, -0.25) is 4.90 Å². The highest BCUT2D eigenvalue weighted by Crippen LogP contribution is 2.38. The molecule has 0 spiro atoms. The largest absolute Gasteiger partial charge is 0.396 e. The van der Waals surface area contributed by atoms with Crippen molar-refractivity contribution in [3.05, 3.63) is 71.8 Å². The fraction of sp³-hybridized carbons (Fsp3) is 0.455. The van der Waals surface area contributed by atoms with Gasteiger partial charge in [-0.1, -0.05) is 67.1 Å². The number of rotatable bonds is 7. The highest BCUT2D eigenvalue weighted by molar-refractivity contribution is 5.38. The summed E-state index contributed by atoms with van der Waals surface area (Å²) in [5.74, 6) is 0. The normalized spacial score (nSPS) is 17.4. The van der Waals surface area contributed by atoms with Crippen LogP contribution < -0.4 is 0 Å². The lowest BCUT2D eigenvalue weighted by Crippen LogP contribution is -2.53. The van der Waals surface area contributed by atoms with E-state index in [-0.39, 0.29) is 12.6 Å². The van der Waals surface area contributed by atoms with E-state index in [1.165, 1.54) is 19.3 Å². The predicted octanol–water partition coefficient (Wildman–Crippen LogP) is 3.55. The van der Waals surface area contributed by atoms with Crippen LogP contribution in [0.25, 0.3) is 0 Å². The maximum Gasteiger partial charge on any atom is 0.130 e. The number of hydrogen-bond acceptors (Lipinski definition) is 3. The molecule has 1 aliphatic rings. The van der Waals surface area contributed by atoms with Crippen molar-refractivity contribution in [2.75, 3.05) is 19.7 Å². The van der Waals surface area contributed by atoms with Gasteiger partial charge >= 0.3 is 0 Å². The van der Waals surface area contributed by atoms with Crippen LogP contribution in [-0.4, -0.2) is 40.9 Å². The average molecular weight is 339 g/mol. The van der Waals surface area contributed by atoms with Crippen LogP contribution >= 0.6 is 0 Å². The van der Waals surface area contributed by atoms with Gasteiger partial charge in [-0.15, -0.1) is 0 Å². The standard InChI is InChI=1S/C22H29NO2/c24-18-10-15-21(23-16-8-3-9-17-23)22(25,19-11-4-1-5-12-19)20-13-6-2-7-14-20/h1-2,4-7,11-14,21,24-25H,3,8-10,15-18H2. The summed E-state index contributed by atoms with van der Waals surface area (Å²) in [6.45, 7) is 2.18. The Labute approximate surface area is 150 Å². The maximum absolute atomic E-state index is 12.1. The predicted molar refractivity (Wildman–Crippen MR) is 101 cm³/mol. The summed E-state index contributed by atoms with van der Waals surface area (Å²) < 4.78 is 0. The van der Waals surface area contributed by atoms with E-state index in [1.54, 1.807) is 0 Å². The van der Waals surface area contributed by atoms with Gasteiger partial charge in [-0.25, -0.2) is 0 Å². The Hall–Kier alpha value is -1.68. The molecule has 2 N–H and O–H groups in total. The summed E-state index contributed by atoms with van der Waals surface area (Å²) in [7, 11) is 0. The fourth-order valence-corrected chi connectivity index (χ4v) is 4.11. The van der Waals surface area contributed by atoms with Crippen molar-refractivity contribution in [2.45, 2.75) is 43.7 Å². The second-order valence-electron chi connectivity index (χ2n) is 6.98. The highest BCUT2D eigenvalue weighted by atomic mass is 16.3. The van der Waals surface area contributed by atoms with E-state index in [1.807, 2.05) is 60.7 Å². The summed E-state index contributed by atoms with van der Waals surface area (Å²) >= 11 is 0. The molecule has 0 saturated carbocycles. The van der Waals surface area contributed by atoms with E-state index in [0.717, 1.165) is 30.6 Å². The molecule has 0 amide bonds. The van der Waals surface area contributed by atoms with Crippen LogP contribution in [0.15, 0.2) is 60.7 Å². The summed E-state index contributed by atoms with van der Waals surface area (Å²) in [4.78, 5) is 2.43. The van der Waals surface area contributed by atoms with E-state index in [2.05, 4.69) is 4.90 Å². The summed E-state index contributed by atoms with van der Waals surface area (Å²) in [5, 5.41) is 21.5. The number of aliphatic hydroxyl groups excluding tert-OH is 1. The first-order valence-electron chi connectivity index (χ1n) is 9.45. The van der Waals surface area contributed by atoms with Crippen LogP contribution in [0.5, 0.6) is 0 Å². The van der Waals surface area contributed by atoms with Gasteiger partial charge in [0.25, 0.3) is 0 Å². The SMILES string of the molecule is OCCCC(N1CCCCC1)C(O)(c1ccccc1)c1ccccc1. The molecule has 1 aliphatic heterocycles.